The average molecular weight is 642 g/mol. The van der Waals surface area contributed by atoms with Gasteiger partial charge in [-0.2, -0.15) is 8.78 Å². The minimum Gasteiger partial charge on any atom is -0.481 e. The van der Waals surface area contributed by atoms with Crippen molar-refractivity contribution in [3.63, 3.8) is 0 Å². The predicted octanol–water partition coefficient (Wildman–Crippen LogP) is 4.60. The summed E-state index contributed by atoms with van der Waals surface area (Å²) < 4.78 is 58.1. The number of para-hydroxylation sites is 1. The van der Waals surface area contributed by atoms with Gasteiger partial charge in [0, 0.05) is 31.8 Å². The van der Waals surface area contributed by atoms with E-state index in [9.17, 15) is 41.5 Å². The number of likely N-dealkylation sites (tertiary alicyclic amines) is 1. The van der Waals surface area contributed by atoms with Gasteiger partial charge in [0.05, 0.1) is 12.3 Å². The first kappa shape index (κ1) is 38.5. The van der Waals surface area contributed by atoms with Gasteiger partial charge in [0.1, 0.15) is 12.6 Å². The molecule has 45 heavy (non-hydrogen) atoms. The fourth-order valence-corrected chi connectivity index (χ4v) is 4.22. The Morgan fingerprint density at radius 2 is 1.64 bits per heavy atom. The van der Waals surface area contributed by atoms with Crippen molar-refractivity contribution in [3.05, 3.63) is 59.2 Å². The number of hydrogen-bond donors (Lipinski definition) is 3. The van der Waals surface area contributed by atoms with Crippen LogP contribution in [0, 0.1) is 29.2 Å². The standard InChI is InChI=1S/C18H18F4N2O6.C11H15NO.C2H6/c1-8(25)24-3-2-9(6-24)18(29)23-12(5-14(27)28)13(26)7-30-17-15(21)10(19)4-11(20)16(17)22;1-11(2,3)9-6-4-5-7-10(9)12-8-13;1-2/h4,9,12H,2-3,5-7H2,1H3,(H,23,29)(H,27,28);4-8H,1-3H3,(H,12,13);1-2H3. The summed E-state index contributed by atoms with van der Waals surface area (Å²) in [6.07, 6.45) is 0.152. The highest BCUT2D eigenvalue weighted by Gasteiger charge is 2.33. The summed E-state index contributed by atoms with van der Waals surface area (Å²) >= 11 is 0. The van der Waals surface area contributed by atoms with Crippen molar-refractivity contribution < 1.29 is 51.4 Å². The number of hydrogen-bond acceptors (Lipinski definition) is 6. The molecular weight excluding hydrogens is 602 g/mol. The Morgan fingerprint density at radius 1 is 1.07 bits per heavy atom. The first-order chi connectivity index (χ1) is 21.1. The molecule has 248 valence electrons. The van der Waals surface area contributed by atoms with Crippen molar-refractivity contribution in [1.29, 1.82) is 0 Å². The van der Waals surface area contributed by atoms with Crippen molar-refractivity contribution in [3.8, 4) is 5.75 Å². The molecule has 0 bridgehead atoms. The average Bonchev–Trinajstić information content (AvgIpc) is 3.48. The molecule has 3 rings (SSSR count). The Kier molecular flexibility index (Phi) is 15.2. The summed E-state index contributed by atoms with van der Waals surface area (Å²) in [4.78, 5) is 58.7. The summed E-state index contributed by atoms with van der Waals surface area (Å²) in [7, 11) is 0. The number of amides is 3. The van der Waals surface area contributed by atoms with E-state index in [2.05, 4.69) is 36.1 Å². The number of rotatable bonds is 10. The van der Waals surface area contributed by atoms with Gasteiger partial charge in [0.2, 0.25) is 29.9 Å². The summed E-state index contributed by atoms with van der Waals surface area (Å²) in [6.45, 7) is 10.9. The van der Waals surface area contributed by atoms with Gasteiger partial charge in [-0.15, -0.1) is 0 Å². The predicted molar refractivity (Wildman–Crippen MR) is 157 cm³/mol. The van der Waals surface area contributed by atoms with Gasteiger partial charge < -0.3 is 25.4 Å². The smallest absolute Gasteiger partial charge is 0.305 e. The summed E-state index contributed by atoms with van der Waals surface area (Å²) in [5, 5.41) is 13.9. The van der Waals surface area contributed by atoms with E-state index in [-0.39, 0.29) is 23.9 Å². The molecule has 2 aromatic carbocycles. The molecule has 10 nitrogen and oxygen atoms in total. The number of carboxylic acids is 1. The lowest BCUT2D eigenvalue weighted by molar-refractivity contribution is -0.140. The normalized spacial score (nSPS) is 14.5. The number of ketones is 1. The number of carboxylic acid groups (broad SMARTS) is 1. The van der Waals surface area contributed by atoms with Crippen LogP contribution in [0.3, 0.4) is 0 Å². The summed E-state index contributed by atoms with van der Waals surface area (Å²) in [5.74, 6) is -12.9. The Morgan fingerprint density at radius 3 is 2.13 bits per heavy atom. The lowest BCUT2D eigenvalue weighted by atomic mass is 9.86. The second-order valence-electron chi connectivity index (χ2n) is 10.7. The second kappa shape index (κ2) is 17.7. The van der Waals surface area contributed by atoms with Gasteiger partial charge in [0.25, 0.3) is 0 Å². The van der Waals surface area contributed by atoms with Gasteiger partial charge in [0.15, 0.2) is 23.2 Å². The number of aliphatic carboxylic acids is 1. The van der Waals surface area contributed by atoms with E-state index in [1.165, 1.54) is 11.8 Å². The number of halogens is 4. The molecule has 1 aliphatic heterocycles. The molecule has 1 saturated heterocycles. The molecular formula is C31H39F4N3O7. The number of Topliss-reactive ketones (excluding diaryl/α,β-unsaturated/α-hetero) is 1. The first-order valence-corrected chi connectivity index (χ1v) is 14.1. The van der Waals surface area contributed by atoms with Crippen LogP contribution in [0.15, 0.2) is 30.3 Å². The number of anilines is 1. The largest absolute Gasteiger partial charge is 0.481 e. The number of carbonyl (C=O) groups is 5. The van der Waals surface area contributed by atoms with Crippen LogP contribution in [0.5, 0.6) is 5.75 Å². The van der Waals surface area contributed by atoms with Crippen molar-refractivity contribution >= 4 is 35.7 Å². The Balaban J connectivity index is 0.000000562. The van der Waals surface area contributed by atoms with Gasteiger partial charge in [-0.25, -0.2) is 8.78 Å². The third-order valence-corrected chi connectivity index (χ3v) is 6.47. The topological polar surface area (TPSA) is 142 Å². The quantitative estimate of drug-likeness (QED) is 0.196. The Hall–Kier alpha value is -4.49. The van der Waals surface area contributed by atoms with Crippen LogP contribution in [0.25, 0.3) is 0 Å². The number of nitrogens with one attached hydrogen (secondary N) is 2. The third-order valence-electron chi connectivity index (χ3n) is 6.47. The molecule has 0 saturated carbocycles. The molecule has 1 aliphatic rings. The maximum atomic E-state index is 13.6. The molecule has 0 radical (unpaired) electrons. The van der Waals surface area contributed by atoms with Crippen LogP contribution in [0.1, 0.15) is 59.9 Å². The molecule has 0 aliphatic carbocycles. The molecule has 2 atom stereocenters. The van der Waals surface area contributed by atoms with Crippen molar-refractivity contribution in [1.82, 2.24) is 10.2 Å². The zero-order chi connectivity index (χ0) is 34.5. The van der Waals surface area contributed by atoms with E-state index in [4.69, 9.17) is 5.11 Å². The van der Waals surface area contributed by atoms with Crippen LogP contribution in [0.2, 0.25) is 0 Å². The summed E-state index contributed by atoms with van der Waals surface area (Å²) in [5.41, 5.74) is 2.11. The maximum absolute atomic E-state index is 13.6. The zero-order valence-electron chi connectivity index (χ0n) is 26.0. The molecule has 2 aromatic rings. The van der Waals surface area contributed by atoms with Crippen LogP contribution in [-0.4, -0.2) is 65.7 Å². The van der Waals surface area contributed by atoms with E-state index >= 15 is 0 Å². The Labute approximate surface area is 259 Å². The van der Waals surface area contributed by atoms with Crippen molar-refractivity contribution in [2.24, 2.45) is 5.92 Å². The monoisotopic (exact) mass is 641 g/mol. The molecule has 2 unspecified atom stereocenters. The van der Waals surface area contributed by atoms with Crippen molar-refractivity contribution in [2.45, 2.75) is 65.8 Å². The van der Waals surface area contributed by atoms with Gasteiger partial charge in [-0.05, 0) is 23.5 Å². The van der Waals surface area contributed by atoms with E-state index < -0.39 is 71.7 Å². The molecule has 0 aromatic heterocycles. The number of carbonyl (C=O) groups excluding carboxylic acids is 4. The van der Waals surface area contributed by atoms with Crippen molar-refractivity contribution in [2.75, 3.05) is 25.0 Å². The molecule has 3 N–H and O–H groups in total. The number of nitrogens with zero attached hydrogens (tertiary/aromatic N) is 1. The molecule has 1 fully saturated rings. The molecule has 14 heteroatoms. The third kappa shape index (κ3) is 11.5. The minimum atomic E-state index is -1.87. The van der Waals surface area contributed by atoms with Crippen LogP contribution < -0.4 is 15.4 Å². The highest BCUT2D eigenvalue weighted by atomic mass is 19.2. The van der Waals surface area contributed by atoms with E-state index in [1.54, 1.807) is 0 Å². The van der Waals surface area contributed by atoms with Crippen LogP contribution in [0.4, 0.5) is 23.2 Å². The first-order valence-electron chi connectivity index (χ1n) is 14.1. The second-order valence-corrected chi connectivity index (χ2v) is 10.7. The van der Waals surface area contributed by atoms with Gasteiger partial charge in [-0.3, -0.25) is 24.0 Å². The molecule has 0 spiro atoms. The molecule has 1 heterocycles. The maximum Gasteiger partial charge on any atom is 0.305 e. The van der Waals surface area contributed by atoms with E-state index in [1.807, 2.05) is 38.1 Å². The highest BCUT2D eigenvalue weighted by molar-refractivity contribution is 5.93. The van der Waals surface area contributed by atoms with E-state index in [0.29, 0.717) is 19.4 Å². The molecule has 3 amide bonds. The van der Waals surface area contributed by atoms with Gasteiger partial charge in [-0.1, -0.05) is 52.8 Å². The van der Waals surface area contributed by atoms with Gasteiger partial charge >= 0.3 is 5.97 Å². The highest BCUT2D eigenvalue weighted by Crippen LogP contribution is 2.29. The fourth-order valence-electron chi connectivity index (χ4n) is 4.22. The van der Waals surface area contributed by atoms with E-state index in [0.717, 1.165) is 11.3 Å². The SMILES string of the molecule is CC.CC(=O)N1CCC(C(=O)NC(CC(=O)O)C(=O)COc2c(F)c(F)cc(F)c2F)C1.CC(C)(C)c1ccccc1NC=O. The lowest BCUT2D eigenvalue weighted by Gasteiger charge is -2.21. The lowest BCUT2D eigenvalue weighted by Crippen LogP contribution is -2.47. The van der Waals surface area contributed by atoms with Crippen LogP contribution in [-0.2, 0) is 29.4 Å². The van der Waals surface area contributed by atoms with Crippen LogP contribution >= 0.6 is 0 Å². The fraction of sp³-hybridized carbons (Fsp3) is 0.452. The summed E-state index contributed by atoms with van der Waals surface area (Å²) in [6, 6.07) is 6.18. The number of ether oxygens (including phenoxy) is 1. The zero-order valence-corrected chi connectivity index (χ0v) is 26.0. The minimum absolute atomic E-state index is 0.0429. The Bertz CT molecular complexity index is 1340. The number of benzene rings is 2.